The van der Waals surface area contributed by atoms with Crippen molar-refractivity contribution < 1.29 is 24.5 Å². The lowest BCUT2D eigenvalue weighted by atomic mass is 9.91. The van der Waals surface area contributed by atoms with Crippen molar-refractivity contribution >= 4 is 23.6 Å². The van der Waals surface area contributed by atoms with Gasteiger partial charge in [0.15, 0.2) is 11.5 Å². The summed E-state index contributed by atoms with van der Waals surface area (Å²) < 4.78 is 5.10. The molecule has 0 heterocycles. The summed E-state index contributed by atoms with van der Waals surface area (Å²) in [5.74, 6) is -1.03. The van der Waals surface area contributed by atoms with Crippen LogP contribution < -0.4 is 10.1 Å². The number of hydrogen-bond acceptors (Lipinski definition) is 4. The fraction of sp³-hybridized carbons (Fsp3) is 0.158. The van der Waals surface area contributed by atoms with E-state index in [1.54, 1.807) is 36.4 Å². The topological polar surface area (TPSA) is 95.9 Å². The largest absolute Gasteiger partial charge is 0.504 e. The van der Waals surface area contributed by atoms with Crippen molar-refractivity contribution in [3.63, 3.8) is 0 Å². The van der Waals surface area contributed by atoms with Crippen LogP contribution in [0.5, 0.6) is 11.5 Å². The third-order valence-electron chi connectivity index (χ3n) is 4.13. The molecule has 1 amide bonds. The van der Waals surface area contributed by atoms with Gasteiger partial charge in [0.25, 0.3) is 5.91 Å². The van der Waals surface area contributed by atoms with Crippen molar-refractivity contribution in [3.05, 3.63) is 58.7 Å². The molecule has 1 aliphatic carbocycles. The van der Waals surface area contributed by atoms with Crippen LogP contribution in [0.3, 0.4) is 0 Å². The van der Waals surface area contributed by atoms with Gasteiger partial charge in [-0.1, -0.05) is 12.1 Å². The Labute approximate surface area is 144 Å². The minimum absolute atomic E-state index is 0.0410. The molecule has 3 rings (SSSR count). The van der Waals surface area contributed by atoms with Gasteiger partial charge in [-0.05, 0) is 54.3 Å². The lowest BCUT2D eigenvalue weighted by molar-refractivity contribution is -0.112. The predicted octanol–water partition coefficient (Wildman–Crippen LogP) is 3.07. The van der Waals surface area contributed by atoms with E-state index in [1.165, 1.54) is 13.2 Å². The van der Waals surface area contributed by atoms with Gasteiger partial charge in [-0.25, -0.2) is 4.79 Å². The van der Waals surface area contributed by atoms with Gasteiger partial charge in [0, 0.05) is 5.57 Å². The standard InChI is InChI=1S/C19H17NO5/c1-25-17-10-13-8-12(7-6-11(13)9-16(17)21)18(22)20-15-5-3-2-4-14(15)19(23)24/h2-5,8-10,21H,6-7H2,1H3,(H,20,22)(H,23,24). The van der Waals surface area contributed by atoms with Gasteiger partial charge in [0.2, 0.25) is 0 Å². The molecule has 25 heavy (non-hydrogen) atoms. The monoisotopic (exact) mass is 339 g/mol. The van der Waals surface area contributed by atoms with Crippen LogP contribution in [0.25, 0.3) is 6.08 Å². The zero-order valence-electron chi connectivity index (χ0n) is 13.6. The van der Waals surface area contributed by atoms with Crippen molar-refractivity contribution in [1.82, 2.24) is 0 Å². The summed E-state index contributed by atoms with van der Waals surface area (Å²) in [6.45, 7) is 0. The fourth-order valence-electron chi connectivity index (χ4n) is 2.83. The number of carbonyl (C=O) groups is 2. The highest BCUT2D eigenvalue weighted by Gasteiger charge is 2.20. The minimum atomic E-state index is -1.10. The second-order valence-electron chi connectivity index (χ2n) is 5.70. The predicted molar refractivity (Wildman–Crippen MR) is 93.0 cm³/mol. The van der Waals surface area contributed by atoms with Crippen LogP contribution >= 0.6 is 0 Å². The number of carbonyl (C=O) groups excluding carboxylic acids is 1. The van der Waals surface area contributed by atoms with Crippen molar-refractivity contribution in [2.45, 2.75) is 12.8 Å². The maximum absolute atomic E-state index is 12.5. The molecule has 3 N–H and O–H groups in total. The average Bonchev–Trinajstić information content (AvgIpc) is 2.61. The SMILES string of the molecule is COc1cc2c(cc1O)CCC(C(=O)Nc1ccccc1C(=O)O)=C2. The fourth-order valence-corrected chi connectivity index (χ4v) is 2.83. The van der Waals surface area contributed by atoms with Crippen LogP contribution in [0, 0.1) is 0 Å². The number of carboxylic acids is 1. The number of aromatic hydroxyl groups is 1. The van der Waals surface area contributed by atoms with E-state index in [2.05, 4.69) is 5.32 Å². The van der Waals surface area contributed by atoms with E-state index in [1.807, 2.05) is 0 Å². The van der Waals surface area contributed by atoms with Crippen molar-refractivity contribution in [3.8, 4) is 11.5 Å². The number of nitrogens with one attached hydrogen (secondary N) is 1. The van der Waals surface area contributed by atoms with Gasteiger partial charge < -0.3 is 20.3 Å². The number of para-hydroxylation sites is 1. The lowest BCUT2D eigenvalue weighted by Crippen LogP contribution is -2.18. The molecule has 0 saturated heterocycles. The third-order valence-corrected chi connectivity index (χ3v) is 4.13. The molecule has 0 aliphatic heterocycles. The maximum atomic E-state index is 12.5. The van der Waals surface area contributed by atoms with Crippen LogP contribution in [-0.2, 0) is 11.2 Å². The first kappa shape index (κ1) is 16.6. The first-order valence-electron chi connectivity index (χ1n) is 7.73. The molecule has 0 atom stereocenters. The molecule has 0 saturated carbocycles. The Bertz CT molecular complexity index is 885. The highest BCUT2D eigenvalue weighted by Crippen LogP contribution is 2.34. The van der Waals surface area contributed by atoms with Crippen molar-refractivity contribution in [1.29, 1.82) is 0 Å². The zero-order chi connectivity index (χ0) is 18.0. The summed E-state index contributed by atoms with van der Waals surface area (Å²) >= 11 is 0. The molecule has 6 nitrogen and oxygen atoms in total. The number of phenols is 1. The van der Waals surface area contributed by atoms with Crippen molar-refractivity contribution in [2.24, 2.45) is 0 Å². The number of fused-ring (bicyclic) bond motifs is 1. The lowest BCUT2D eigenvalue weighted by Gasteiger charge is -2.18. The van der Waals surface area contributed by atoms with Crippen LogP contribution in [0.4, 0.5) is 5.69 Å². The number of aromatic carboxylic acids is 1. The number of methoxy groups -OCH3 is 1. The number of aryl methyl sites for hydroxylation is 1. The summed E-state index contributed by atoms with van der Waals surface area (Å²) in [5, 5.41) is 21.7. The second kappa shape index (κ2) is 6.68. The van der Waals surface area contributed by atoms with E-state index >= 15 is 0 Å². The average molecular weight is 339 g/mol. The number of ether oxygens (including phenoxy) is 1. The summed E-state index contributed by atoms with van der Waals surface area (Å²) in [4.78, 5) is 23.8. The highest BCUT2D eigenvalue weighted by atomic mass is 16.5. The molecule has 0 bridgehead atoms. The highest BCUT2D eigenvalue weighted by molar-refractivity contribution is 6.09. The second-order valence-corrected chi connectivity index (χ2v) is 5.70. The van der Waals surface area contributed by atoms with E-state index in [4.69, 9.17) is 4.74 Å². The van der Waals surface area contributed by atoms with E-state index < -0.39 is 5.97 Å². The van der Waals surface area contributed by atoms with Crippen LogP contribution in [0.1, 0.15) is 27.9 Å². The number of phenolic OH excluding ortho intramolecular Hbond substituents is 1. The van der Waals surface area contributed by atoms with E-state index in [-0.39, 0.29) is 22.9 Å². The van der Waals surface area contributed by atoms with Gasteiger partial charge in [0.1, 0.15) is 0 Å². The van der Waals surface area contributed by atoms with Crippen LogP contribution in [0.2, 0.25) is 0 Å². The van der Waals surface area contributed by atoms with Gasteiger partial charge in [-0.3, -0.25) is 4.79 Å². The third kappa shape index (κ3) is 3.33. The first-order valence-corrected chi connectivity index (χ1v) is 7.73. The molecule has 0 unspecified atom stereocenters. The quantitative estimate of drug-likeness (QED) is 0.795. The van der Waals surface area contributed by atoms with Gasteiger partial charge in [-0.2, -0.15) is 0 Å². The van der Waals surface area contributed by atoms with E-state index in [0.717, 1.165) is 11.1 Å². The molecule has 0 fully saturated rings. The Morgan fingerprint density at radius 1 is 1.16 bits per heavy atom. The number of hydrogen-bond donors (Lipinski definition) is 3. The Hall–Kier alpha value is -3.28. The molecular formula is C19H17NO5. The Morgan fingerprint density at radius 3 is 2.64 bits per heavy atom. The van der Waals surface area contributed by atoms with Gasteiger partial charge in [-0.15, -0.1) is 0 Å². The minimum Gasteiger partial charge on any atom is -0.504 e. The molecule has 1 aliphatic rings. The molecule has 128 valence electrons. The summed E-state index contributed by atoms with van der Waals surface area (Å²) in [6, 6.07) is 9.59. The molecule has 2 aromatic rings. The van der Waals surface area contributed by atoms with Crippen LogP contribution in [0.15, 0.2) is 42.0 Å². The summed E-state index contributed by atoms with van der Waals surface area (Å²) in [6.07, 6.45) is 2.84. The smallest absolute Gasteiger partial charge is 0.337 e. The molecule has 0 radical (unpaired) electrons. The first-order chi connectivity index (χ1) is 12.0. The molecular weight excluding hydrogens is 322 g/mol. The normalized spacial score (nSPS) is 12.8. The van der Waals surface area contributed by atoms with E-state index in [0.29, 0.717) is 24.2 Å². The number of anilines is 1. The number of rotatable bonds is 4. The Kier molecular flexibility index (Phi) is 4.43. The van der Waals surface area contributed by atoms with Gasteiger partial charge in [0.05, 0.1) is 18.4 Å². The van der Waals surface area contributed by atoms with E-state index in [9.17, 15) is 19.8 Å². The summed E-state index contributed by atoms with van der Waals surface area (Å²) in [7, 11) is 1.46. The maximum Gasteiger partial charge on any atom is 0.337 e. The van der Waals surface area contributed by atoms with Gasteiger partial charge >= 0.3 is 5.97 Å². The molecule has 6 heteroatoms. The zero-order valence-corrected chi connectivity index (χ0v) is 13.6. The number of benzene rings is 2. The molecule has 0 spiro atoms. The molecule has 0 aromatic heterocycles. The molecule has 2 aromatic carbocycles. The Morgan fingerprint density at radius 2 is 1.92 bits per heavy atom. The Balaban J connectivity index is 1.88. The summed E-state index contributed by atoms with van der Waals surface area (Å²) in [5.41, 5.74) is 2.58. The van der Waals surface area contributed by atoms with Crippen LogP contribution in [-0.4, -0.2) is 29.2 Å². The number of carboxylic acid groups (broad SMARTS) is 1. The number of amides is 1. The van der Waals surface area contributed by atoms with Crippen molar-refractivity contribution in [2.75, 3.05) is 12.4 Å².